The first-order valence-corrected chi connectivity index (χ1v) is 5.73. The molecule has 0 aliphatic heterocycles. The van der Waals surface area contributed by atoms with Crippen molar-refractivity contribution in [2.24, 2.45) is 0 Å². The maximum atomic E-state index is 11.1. The third-order valence-electron chi connectivity index (χ3n) is 2.41. The van der Waals surface area contributed by atoms with E-state index in [1.807, 2.05) is 18.2 Å². The van der Waals surface area contributed by atoms with Gasteiger partial charge in [0.05, 0.1) is 17.3 Å². The van der Waals surface area contributed by atoms with Crippen LogP contribution in [-0.2, 0) is 4.79 Å². The molecule has 2 aromatic carbocycles. The molecule has 0 spiro atoms. The molecule has 19 heavy (non-hydrogen) atoms. The van der Waals surface area contributed by atoms with Crippen molar-refractivity contribution in [2.75, 3.05) is 5.32 Å². The van der Waals surface area contributed by atoms with Crippen molar-refractivity contribution in [3.63, 3.8) is 0 Å². The lowest BCUT2D eigenvalue weighted by Crippen LogP contribution is -2.06. The molecule has 0 atom stereocenters. The van der Waals surface area contributed by atoms with E-state index in [4.69, 9.17) is 10.00 Å². The summed E-state index contributed by atoms with van der Waals surface area (Å²) in [6.45, 7) is 1.44. The number of rotatable bonds is 3. The van der Waals surface area contributed by atoms with Gasteiger partial charge in [-0.05, 0) is 36.4 Å². The van der Waals surface area contributed by atoms with E-state index in [9.17, 15) is 4.79 Å². The van der Waals surface area contributed by atoms with E-state index in [2.05, 4.69) is 5.32 Å². The Morgan fingerprint density at radius 2 is 1.84 bits per heavy atom. The number of ether oxygens (including phenoxy) is 1. The summed E-state index contributed by atoms with van der Waals surface area (Å²) in [4.78, 5) is 11.1. The Morgan fingerprint density at radius 3 is 2.47 bits per heavy atom. The molecule has 1 N–H and O–H groups in total. The Labute approximate surface area is 111 Å². The van der Waals surface area contributed by atoms with Crippen molar-refractivity contribution in [1.82, 2.24) is 0 Å². The third kappa shape index (κ3) is 3.33. The second-order valence-electron chi connectivity index (χ2n) is 3.92. The molecule has 0 unspecified atom stereocenters. The van der Waals surface area contributed by atoms with E-state index >= 15 is 0 Å². The number of nitrogens with zero attached hydrogens (tertiary/aromatic N) is 1. The number of nitrogens with one attached hydrogen (secondary N) is 1. The number of benzene rings is 2. The Kier molecular flexibility index (Phi) is 3.79. The number of carbonyl (C=O) groups is 1. The maximum Gasteiger partial charge on any atom is 0.221 e. The summed E-state index contributed by atoms with van der Waals surface area (Å²) < 4.78 is 5.69. The van der Waals surface area contributed by atoms with Crippen molar-refractivity contribution in [3.8, 4) is 17.6 Å². The zero-order valence-corrected chi connectivity index (χ0v) is 10.4. The molecule has 0 fully saturated rings. The molecule has 1 amide bonds. The summed E-state index contributed by atoms with van der Waals surface area (Å²) in [5.74, 6) is 1.01. The highest BCUT2D eigenvalue weighted by Crippen LogP contribution is 2.29. The zero-order chi connectivity index (χ0) is 13.7. The van der Waals surface area contributed by atoms with E-state index in [1.54, 1.807) is 36.4 Å². The minimum absolute atomic E-state index is 0.157. The van der Waals surface area contributed by atoms with Crippen LogP contribution in [0.15, 0.2) is 48.5 Å². The molecular weight excluding hydrogens is 240 g/mol. The summed E-state index contributed by atoms with van der Waals surface area (Å²) in [5, 5.41) is 11.4. The summed E-state index contributed by atoms with van der Waals surface area (Å²) in [7, 11) is 0. The number of amides is 1. The van der Waals surface area contributed by atoms with Crippen LogP contribution in [0, 0.1) is 11.3 Å². The van der Waals surface area contributed by atoms with Gasteiger partial charge in [-0.1, -0.05) is 12.1 Å². The van der Waals surface area contributed by atoms with Crippen LogP contribution in [0.2, 0.25) is 0 Å². The monoisotopic (exact) mass is 252 g/mol. The van der Waals surface area contributed by atoms with Gasteiger partial charge in [0.25, 0.3) is 0 Å². The maximum absolute atomic E-state index is 11.1. The fourth-order valence-corrected chi connectivity index (χ4v) is 1.57. The molecule has 0 aromatic heterocycles. The van der Waals surface area contributed by atoms with Crippen LogP contribution in [0.5, 0.6) is 11.5 Å². The number of anilines is 1. The molecule has 0 bridgehead atoms. The van der Waals surface area contributed by atoms with Gasteiger partial charge in [0, 0.05) is 6.92 Å². The number of carbonyl (C=O) groups excluding carboxylic acids is 1. The first-order chi connectivity index (χ1) is 9.19. The van der Waals surface area contributed by atoms with Gasteiger partial charge >= 0.3 is 0 Å². The fourth-order valence-electron chi connectivity index (χ4n) is 1.57. The molecule has 4 nitrogen and oxygen atoms in total. The zero-order valence-electron chi connectivity index (χ0n) is 10.4. The second-order valence-corrected chi connectivity index (χ2v) is 3.92. The molecule has 0 aliphatic rings. The molecule has 0 heterocycles. The molecule has 0 saturated heterocycles. The van der Waals surface area contributed by atoms with E-state index in [1.165, 1.54) is 6.92 Å². The quantitative estimate of drug-likeness (QED) is 0.911. The van der Waals surface area contributed by atoms with Gasteiger partial charge in [-0.3, -0.25) is 4.79 Å². The normalized spacial score (nSPS) is 9.47. The van der Waals surface area contributed by atoms with Crippen LogP contribution in [0.4, 0.5) is 5.69 Å². The Balaban J connectivity index is 2.22. The van der Waals surface area contributed by atoms with Crippen LogP contribution < -0.4 is 10.1 Å². The minimum atomic E-state index is -0.157. The smallest absolute Gasteiger partial charge is 0.221 e. The Hall–Kier alpha value is -2.80. The topological polar surface area (TPSA) is 62.1 Å². The third-order valence-corrected chi connectivity index (χ3v) is 2.41. The van der Waals surface area contributed by atoms with Gasteiger partial charge in [-0.15, -0.1) is 0 Å². The molecule has 0 aliphatic carbocycles. The van der Waals surface area contributed by atoms with E-state index in [-0.39, 0.29) is 5.91 Å². The summed E-state index contributed by atoms with van der Waals surface area (Å²) in [6, 6.07) is 16.0. The van der Waals surface area contributed by atoms with Gasteiger partial charge in [0.2, 0.25) is 5.91 Å². The Morgan fingerprint density at radius 1 is 1.16 bits per heavy atom. The molecule has 94 valence electrons. The van der Waals surface area contributed by atoms with Crippen molar-refractivity contribution in [1.29, 1.82) is 5.26 Å². The molecule has 2 rings (SSSR count). The van der Waals surface area contributed by atoms with Gasteiger partial charge in [-0.2, -0.15) is 5.26 Å². The lowest BCUT2D eigenvalue weighted by atomic mass is 10.2. The predicted molar refractivity (Wildman–Crippen MR) is 72.0 cm³/mol. The average Bonchev–Trinajstić information content (AvgIpc) is 2.41. The van der Waals surface area contributed by atoms with Crippen molar-refractivity contribution in [3.05, 3.63) is 54.1 Å². The highest BCUT2D eigenvalue weighted by atomic mass is 16.5. The number of hydrogen-bond acceptors (Lipinski definition) is 3. The highest BCUT2D eigenvalue weighted by Gasteiger charge is 2.05. The first-order valence-electron chi connectivity index (χ1n) is 5.73. The second kappa shape index (κ2) is 5.69. The Bertz CT molecular complexity index is 627. The lowest BCUT2D eigenvalue weighted by molar-refractivity contribution is -0.114. The first kappa shape index (κ1) is 12.7. The van der Waals surface area contributed by atoms with E-state index in [0.29, 0.717) is 22.7 Å². The summed E-state index contributed by atoms with van der Waals surface area (Å²) in [6.07, 6.45) is 0. The average molecular weight is 252 g/mol. The molecule has 4 heteroatoms. The van der Waals surface area contributed by atoms with Gasteiger partial charge in [0.15, 0.2) is 5.75 Å². The van der Waals surface area contributed by atoms with Gasteiger partial charge in [0.1, 0.15) is 5.75 Å². The van der Waals surface area contributed by atoms with Crippen LogP contribution in [0.3, 0.4) is 0 Å². The van der Waals surface area contributed by atoms with Crippen molar-refractivity contribution < 1.29 is 9.53 Å². The van der Waals surface area contributed by atoms with Crippen LogP contribution in [-0.4, -0.2) is 5.91 Å². The SMILES string of the molecule is CC(=O)Nc1ccccc1Oc1ccc(C#N)cc1. The minimum Gasteiger partial charge on any atom is -0.455 e. The molecule has 0 radical (unpaired) electrons. The standard InChI is InChI=1S/C15H12N2O2/c1-11(18)17-14-4-2-3-5-15(14)19-13-8-6-12(10-16)7-9-13/h2-9H,1H3,(H,17,18). The molecule has 2 aromatic rings. The van der Waals surface area contributed by atoms with Crippen LogP contribution >= 0.6 is 0 Å². The highest BCUT2D eigenvalue weighted by molar-refractivity contribution is 5.90. The summed E-state index contributed by atoms with van der Waals surface area (Å²) in [5.41, 5.74) is 1.18. The largest absolute Gasteiger partial charge is 0.455 e. The molecular formula is C15H12N2O2. The number of para-hydroxylation sites is 2. The predicted octanol–water partition coefficient (Wildman–Crippen LogP) is 3.31. The summed E-state index contributed by atoms with van der Waals surface area (Å²) >= 11 is 0. The van der Waals surface area contributed by atoms with Gasteiger partial charge < -0.3 is 10.1 Å². The molecule has 0 saturated carbocycles. The van der Waals surface area contributed by atoms with Crippen molar-refractivity contribution >= 4 is 11.6 Å². The van der Waals surface area contributed by atoms with Crippen LogP contribution in [0.1, 0.15) is 12.5 Å². The van der Waals surface area contributed by atoms with E-state index in [0.717, 1.165) is 0 Å². The number of hydrogen-bond donors (Lipinski definition) is 1. The van der Waals surface area contributed by atoms with Crippen LogP contribution in [0.25, 0.3) is 0 Å². The van der Waals surface area contributed by atoms with Crippen molar-refractivity contribution in [2.45, 2.75) is 6.92 Å². The fraction of sp³-hybridized carbons (Fsp3) is 0.0667. The lowest BCUT2D eigenvalue weighted by Gasteiger charge is -2.11. The van der Waals surface area contributed by atoms with E-state index < -0.39 is 0 Å². The number of nitriles is 1. The van der Waals surface area contributed by atoms with Gasteiger partial charge in [-0.25, -0.2) is 0 Å².